The van der Waals surface area contributed by atoms with Crippen molar-refractivity contribution in [2.75, 3.05) is 6.54 Å². The van der Waals surface area contributed by atoms with Gasteiger partial charge in [-0.25, -0.2) is 9.59 Å². The summed E-state index contributed by atoms with van der Waals surface area (Å²) in [6.45, 7) is 1.18. The van der Waals surface area contributed by atoms with Crippen LogP contribution in [0.15, 0.2) is 48.8 Å². The van der Waals surface area contributed by atoms with Gasteiger partial charge in [-0.2, -0.15) is 5.10 Å². The zero-order chi connectivity index (χ0) is 20.7. The number of fused-ring (bicyclic) bond motifs is 1. The Morgan fingerprint density at radius 2 is 1.79 bits per heavy atom. The molecule has 0 fully saturated rings. The summed E-state index contributed by atoms with van der Waals surface area (Å²) in [5.41, 5.74) is 8.38. The lowest BCUT2D eigenvalue weighted by atomic mass is 10.1. The van der Waals surface area contributed by atoms with Gasteiger partial charge in [-0.15, -0.1) is 0 Å². The van der Waals surface area contributed by atoms with E-state index in [0.29, 0.717) is 35.3 Å². The van der Waals surface area contributed by atoms with E-state index in [1.54, 1.807) is 18.5 Å². The highest BCUT2D eigenvalue weighted by Gasteiger charge is 2.13. The molecule has 0 aliphatic rings. The maximum absolute atomic E-state index is 9.55. The van der Waals surface area contributed by atoms with E-state index < -0.39 is 11.9 Å². The summed E-state index contributed by atoms with van der Waals surface area (Å²) in [6, 6.07) is 7.41. The van der Waals surface area contributed by atoms with Gasteiger partial charge < -0.3 is 15.9 Å². The summed E-state index contributed by atoms with van der Waals surface area (Å²) < 4.78 is 1.88. The van der Waals surface area contributed by atoms with Crippen LogP contribution in [0, 0.1) is 0 Å². The van der Waals surface area contributed by atoms with Crippen LogP contribution >= 0.6 is 23.2 Å². The second-order valence-electron chi connectivity index (χ2n) is 5.39. The van der Waals surface area contributed by atoms with Crippen molar-refractivity contribution in [3.63, 3.8) is 0 Å². The van der Waals surface area contributed by atoms with Gasteiger partial charge in [0.1, 0.15) is 5.69 Å². The Morgan fingerprint density at radius 1 is 1.11 bits per heavy atom. The molecule has 0 bridgehead atoms. The normalized spacial score (nSPS) is 10.7. The van der Waals surface area contributed by atoms with Gasteiger partial charge in [0.05, 0.1) is 22.1 Å². The molecule has 2 aromatic heterocycles. The highest BCUT2D eigenvalue weighted by atomic mass is 35.5. The fourth-order valence-electron chi connectivity index (χ4n) is 2.32. The second kappa shape index (κ2) is 9.84. The average molecular weight is 423 g/mol. The van der Waals surface area contributed by atoms with Gasteiger partial charge in [-0.3, -0.25) is 9.67 Å². The molecule has 1 aromatic carbocycles. The molecule has 0 aliphatic heterocycles. The molecule has 10 heteroatoms. The summed E-state index contributed by atoms with van der Waals surface area (Å²) in [4.78, 5) is 23.3. The van der Waals surface area contributed by atoms with Gasteiger partial charge in [0, 0.05) is 42.0 Å². The molecule has 2 heterocycles. The summed E-state index contributed by atoms with van der Waals surface area (Å²) in [7, 11) is 0. The Morgan fingerprint density at radius 3 is 2.36 bits per heavy atom. The lowest BCUT2D eigenvalue weighted by molar-refractivity contribution is -0.134. The Labute approximate surface area is 169 Å². The molecule has 8 nitrogen and oxygen atoms in total. The summed E-state index contributed by atoms with van der Waals surface area (Å²) in [5, 5.41) is 22.2. The molecule has 0 atom stereocenters. The van der Waals surface area contributed by atoms with E-state index in [-0.39, 0.29) is 0 Å². The molecule has 0 radical (unpaired) electrons. The number of carboxylic acid groups (broad SMARTS) is 2. The van der Waals surface area contributed by atoms with Crippen molar-refractivity contribution in [2.24, 2.45) is 5.73 Å². The van der Waals surface area contributed by atoms with Crippen LogP contribution in [0.4, 0.5) is 0 Å². The predicted octanol–water partition coefficient (Wildman–Crippen LogP) is 3.08. The topological polar surface area (TPSA) is 131 Å². The molecule has 0 saturated carbocycles. The van der Waals surface area contributed by atoms with Crippen LogP contribution in [-0.4, -0.2) is 43.5 Å². The molecule has 146 valence electrons. The first kappa shape index (κ1) is 21.4. The molecule has 0 amide bonds. The van der Waals surface area contributed by atoms with E-state index in [1.807, 2.05) is 22.9 Å². The number of benzene rings is 1. The number of hydrogen-bond donors (Lipinski definition) is 3. The molecule has 28 heavy (non-hydrogen) atoms. The van der Waals surface area contributed by atoms with E-state index in [9.17, 15) is 9.59 Å². The van der Waals surface area contributed by atoms with Gasteiger partial charge in [-0.05, 0) is 18.2 Å². The highest BCUT2D eigenvalue weighted by Crippen LogP contribution is 2.31. The van der Waals surface area contributed by atoms with Crippen LogP contribution in [0.2, 0.25) is 10.0 Å². The van der Waals surface area contributed by atoms with Crippen LogP contribution in [0.3, 0.4) is 0 Å². The van der Waals surface area contributed by atoms with E-state index in [1.165, 1.54) is 0 Å². The Bertz CT molecular complexity index is 1020. The minimum absolute atomic E-state index is 0.509. The Kier molecular flexibility index (Phi) is 7.51. The number of carbonyl (C=O) groups is 2. The molecular formula is C18H16Cl2N4O4. The highest BCUT2D eigenvalue weighted by molar-refractivity contribution is 6.42. The molecule has 0 aliphatic carbocycles. The minimum Gasteiger partial charge on any atom is -0.478 e. The van der Waals surface area contributed by atoms with Crippen LogP contribution in [0.5, 0.6) is 0 Å². The van der Waals surface area contributed by atoms with Crippen molar-refractivity contribution >= 4 is 46.0 Å². The zero-order valence-corrected chi connectivity index (χ0v) is 15.9. The number of rotatable bonds is 5. The molecular weight excluding hydrogens is 407 g/mol. The lowest BCUT2D eigenvalue weighted by Gasteiger charge is -2.00. The van der Waals surface area contributed by atoms with E-state index in [0.717, 1.165) is 22.2 Å². The number of nitrogens with two attached hydrogens (primary N) is 1. The monoisotopic (exact) mass is 422 g/mol. The molecule has 0 unspecified atom stereocenters. The minimum atomic E-state index is -1.26. The van der Waals surface area contributed by atoms with Gasteiger partial charge in [-0.1, -0.05) is 29.3 Å². The number of halogens is 2. The summed E-state index contributed by atoms with van der Waals surface area (Å²) in [6.07, 6.45) is 4.66. The fraction of sp³-hybridized carbons (Fsp3) is 0.111. The van der Waals surface area contributed by atoms with Crippen molar-refractivity contribution in [1.29, 1.82) is 0 Å². The number of carboxylic acids is 2. The summed E-state index contributed by atoms with van der Waals surface area (Å²) in [5.74, 6) is -2.51. The molecule has 4 N–H and O–H groups in total. The number of aliphatic carboxylic acids is 2. The average Bonchev–Trinajstić information content (AvgIpc) is 3.02. The maximum atomic E-state index is 9.55. The van der Waals surface area contributed by atoms with Crippen molar-refractivity contribution in [3.05, 3.63) is 58.9 Å². The quantitative estimate of drug-likeness (QED) is 0.538. The van der Waals surface area contributed by atoms with Crippen molar-refractivity contribution < 1.29 is 19.8 Å². The van der Waals surface area contributed by atoms with E-state index >= 15 is 0 Å². The van der Waals surface area contributed by atoms with Gasteiger partial charge in [0.15, 0.2) is 0 Å². The first-order valence-corrected chi connectivity index (χ1v) is 8.69. The fourth-order valence-corrected chi connectivity index (χ4v) is 2.61. The number of hydrogen-bond acceptors (Lipinski definition) is 5. The molecule has 3 rings (SSSR count). The zero-order valence-electron chi connectivity index (χ0n) is 14.4. The maximum Gasteiger partial charge on any atom is 0.328 e. The van der Waals surface area contributed by atoms with E-state index in [4.69, 9.17) is 39.1 Å². The third-order valence-electron chi connectivity index (χ3n) is 3.45. The largest absolute Gasteiger partial charge is 0.478 e. The third kappa shape index (κ3) is 5.53. The number of nitrogens with zero attached hydrogens (tertiary/aromatic N) is 3. The summed E-state index contributed by atoms with van der Waals surface area (Å²) >= 11 is 12.0. The smallest absolute Gasteiger partial charge is 0.328 e. The van der Waals surface area contributed by atoms with Crippen molar-refractivity contribution in [1.82, 2.24) is 14.8 Å². The van der Waals surface area contributed by atoms with Crippen molar-refractivity contribution in [2.45, 2.75) is 6.54 Å². The third-order valence-corrected chi connectivity index (χ3v) is 4.19. The van der Waals surface area contributed by atoms with Gasteiger partial charge in [0.2, 0.25) is 0 Å². The SMILES string of the molecule is NCCn1nc(-c2ccc(Cl)c(Cl)c2)c2cnccc21.O=C(O)C=CC(=O)O. The molecule has 0 saturated heterocycles. The predicted molar refractivity (Wildman–Crippen MR) is 106 cm³/mol. The van der Waals surface area contributed by atoms with Crippen LogP contribution in [0.25, 0.3) is 22.2 Å². The van der Waals surface area contributed by atoms with Crippen molar-refractivity contribution in [3.8, 4) is 11.3 Å². The Balaban J connectivity index is 0.000000300. The number of aromatic nitrogens is 3. The first-order valence-electron chi connectivity index (χ1n) is 7.93. The standard InChI is InChI=1S/C14H12Cl2N4.C4H4O4/c15-11-2-1-9(7-12(11)16)14-10-8-18-5-3-13(10)20(19-14)6-4-17;5-3(6)1-2-4(7)8/h1-3,5,7-8H,4,6,17H2;1-2H,(H,5,6)(H,7,8). The second-order valence-corrected chi connectivity index (χ2v) is 6.21. The van der Waals surface area contributed by atoms with Gasteiger partial charge >= 0.3 is 11.9 Å². The molecule has 3 aromatic rings. The lowest BCUT2D eigenvalue weighted by Crippen LogP contribution is -2.10. The van der Waals surface area contributed by atoms with E-state index in [2.05, 4.69) is 10.1 Å². The van der Waals surface area contributed by atoms with Crippen LogP contribution in [0.1, 0.15) is 0 Å². The molecule has 0 spiro atoms. The Hall–Kier alpha value is -2.94. The van der Waals surface area contributed by atoms with Gasteiger partial charge in [0.25, 0.3) is 0 Å². The van der Waals surface area contributed by atoms with Crippen LogP contribution < -0.4 is 5.73 Å². The number of pyridine rings is 1. The van der Waals surface area contributed by atoms with Crippen LogP contribution in [-0.2, 0) is 16.1 Å². The first-order chi connectivity index (χ1) is 13.3.